The van der Waals surface area contributed by atoms with Gasteiger partial charge in [0.25, 0.3) is 0 Å². The molecule has 3 rings (SSSR count). The predicted molar refractivity (Wildman–Crippen MR) is 68.8 cm³/mol. The lowest BCUT2D eigenvalue weighted by Gasteiger charge is -2.26. The molecule has 0 amide bonds. The molecular weight excluding hydrogens is 192 g/mol. The van der Waals surface area contributed by atoms with Crippen LogP contribution in [-0.4, -0.2) is 0 Å². The molecule has 0 aromatic heterocycles. The van der Waals surface area contributed by atoms with Crippen LogP contribution in [0.4, 0.5) is 0 Å². The predicted octanol–water partition coefficient (Wildman–Crippen LogP) is 4.47. The topological polar surface area (TPSA) is 0 Å². The molecule has 0 bridgehead atoms. The first-order valence-electron chi connectivity index (χ1n) is 6.95. The van der Waals surface area contributed by atoms with Crippen LogP contribution in [0.25, 0.3) is 0 Å². The van der Waals surface area contributed by atoms with Gasteiger partial charge in [-0.2, -0.15) is 0 Å². The lowest BCUT2D eigenvalue weighted by Crippen LogP contribution is -2.14. The van der Waals surface area contributed by atoms with E-state index in [0.29, 0.717) is 0 Å². The summed E-state index contributed by atoms with van der Waals surface area (Å²) < 4.78 is 0. The second kappa shape index (κ2) is 4.24. The Bertz CT molecular complexity index is 372. The third-order valence-electron chi connectivity index (χ3n) is 4.56. The SMILES string of the molecule is CC1CCc2c(cccc2C2CCCC2)C1. The summed E-state index contributed by atoms with van der Waals surface area (Å²) in [5.74, 6) is 1.79. The minimum Gasteiger partial charge on any atom is -0.0622 e. The molecule has 0 radical (unpaired) electrons. The number of fused-ring (bicyclic) bond motifs is 1. The molecular formula is C16H22. The quantitative estimate of drug-likeness (QED) is 0.647. The van der Waals surface area contributed by atoms with E-state index < -0.39 is 0 Å². The fraction of sp³-hybridized carbons (Fsp3) is 0.625. The lowest BCUT2D eigenvalue weighted by molar-refractivity contribution is 0.496. The molecule has 0 heterocycles. The first-order valence-corrected chi connectivity index (χ1v) is 6.95. The monoisotopic (exact) mass is 214 g/mol. The highest BCUT2D eigenvalue weighted by Crippen LogP contribution is 2.39. The van der Waals surface area contributed by atoms with E-state index in [1.54, 1.807) is 16.7 Å². The van der Waals surface area contributed by atoms with E-state index >= 15 is 0 Å². The molecule has 16 heavy (non-hydrogen) atoms. The van der Waals surface area contributed by atoms with Crippen molar-refractivity contribution in [2.45, 2.75) is 57.8 Å². The van der Waals surface area contributed by atoms with Crippen molar-refractivity contribution >= 4 is 0 Å². The fourth-order valence-corrected chi connectivity index (χ4v) is 3.64. The van der Waals surface area contributed by atoms with Gasteiger partial charge in [-0.25, -0.2) is 0 Å². The van der Waals surface area contributed by atoms with Crippen molar-refractivity contribution in [2.75, 3.05) is 0 Å². The Morgan fingerprint density at radius 1 is 1.06 bits per heavy atom. The summed E-state index contributed by atoms with van der Waals surface area (Å²) in [6.07, 6.45) is 9.82. The van der Waals surface area contributed by atoms with E-state index in [4.69, 9.17) is 0 Å². The maximum absolute atomic E-state index is 2.41. The molecule has 0 N–H and O–H groups in total. The van der Waals surface area contributed by atoms with Gasteiger partial charge in [0.05, 0.1) is 0 Å². The van der Waals surface area contributed by atoms with Crippen LogP contribution < -0.4 is 0 Å². The van der Waals surface area contributed by atoms with Crippen LogP contribution in [0.15, 0.2) is 18.2 Å². The molecule has 0 spiro atoms. The van der Waals surface area contributed by atoms with Crippen molar-refractivity contribution in [1.29, 1.82) is 0 Å². The highest BCUT2D eigenvalue weighted by Gasteiger charge is 2.23. The molecule has 2 aliphatic rings. The fourth-order valence-electron chi connectivity index (χ4n) is 3.64. The summed E-state index contributed by atoms with van der Waals surface area (Å²) in [6.45, 7) is 2.39. The van der Waals surface area contributed by atoms with E-state index in [1.165, 1.54) is 44.9 Å². The van der Waals surface area contributed by atoms with Gasteiger partial charge in [0.1, 0.15) is 0 Å². The van der Waals surface area contributed by atoms with E-state index in [1.807, 2.05) is 0 Å². The Kier molecular flexibility index (Phi) is 2.75. The zero-order chi connectivity index (χ0) is 11.0. The Morgan fingerprint density at radius 3 is 2.69 bits per heavy atom. The van der Waals surface area contributed by atoms with Gasteiger partial charge in [-0.15, -0.1) is 0 Å². The van der Waals surface area contributed by atoms with Gasteiger partial charge in [0, 0.05) is 0 Å². The minimum absolute atomic E-state index is 0.892. The van der Waals surface area contributed by atoms with Crippen LogP contribution in [0.3, 0.4) is 0 Å². The van der Waals surface area contributed by atoms with E-state index in [9.17, 15) is 0 Å². The number of hydrogen-bond donors (Lipinski definition) is 0. The summed E-state index contributed by atoms with van der Waals surface area (Å²) in [5, 5.41) is 0. The maximum Gasteiger partial charge on any atom is -0.0159 e. The van der Waals surface area contributed by atoms with Crippen LogP contribution in [0, 0.1) is 5.92 Å². The van der Waals surface area contributed by atoms with Crippen molar-refractivity contribution in [3.8, 4) is 0 Å². The summed E-state index contributed by atoms with van der Waals surface area (Å²) in [7, 11) is 0. The van der Waals surface area contributed by atoms with Gasteiger partial charge in [0.2, 0.25) is 0 Å². The van der Waals surface area contributed by atoms with Crippen LogP contribution >= 0.6 is 0 Å². The molecule has 0 nitrogen and oxygen atoms in total. The molecule has 0 heteroatoms. The van der Waals surface area contributed by atoms with Crippen molar-refractivity contribution in [2.24, 2.45) is 5.92 Å². The van der Waals surface area contributed by atoms with Gasteiger partial charge < -0.3 is 0 Å². The lowest BCUT2D eigenvalue weighted by atomic mass is 9.79. The summed E-state index contributed by atoms with van der Waals surface area (Å²) in [5.41, 5.74) is 5.09. The summed E-state index contributed by atoms with van der Waals surface area (Å²) in [6, 6.07) is 7.07. The average molecular weight is 214 g/mol. The standard InChI is InChI=1S/C16H22/c1-12-9-10-16-14(11-12)7-4-8-15(16)13-5-2-3-6-13/h4,7-8,12-13H,2-3,5-6,9-11H2,1H3. The molecule has 1 fully saturated rings. The summed E-state index contributed by atoms with van der Waals surface area (Å²) in [4.78, 5) is 0. The Labute approximate surface area is 99.1 Å². The zero-order valence-electron chi connectivity index (χ0n) is 10.3. The normalized spacial score (nSPS) is 25.7. The number of rotatable bonds is 1. The second-order valence-electron chi connectivity index (χ2n) is 5.81. The third kappa shape index (κ3) is 1.79. The average Bonchev–Trinajstić information content (AvgIpc) is 2.81. The molecule has 0 aliphatic heterocycles. The Hall–Kier alpha value is -0.780. The van der Waals surface area contributed by atoms with Crippen LogP contribution in [-0.2, 0) is 12.8 Å². The highest BCUT2D eigenvalue weighted by atomic mass is 14.3. The molecule has 1 unspecified atom stereocenters. The number of benzene rings is 1. The van der Waals surface area contributed by atoms with Crippen molar-refractivity contribution < 1.29 is 0 Å². The van der Waals surface area contributed by atoms with Gasteiger partial charge in [0.15, 0.2) is 0 Å². The van der Waals surface area contributed by atoms with Crippen molar-refractivity contribution in [3.05, 3.63) is 34.9 Å². The van der Waals surface area contributed by atoms with Crippen LogP contribution in [0.1, 0.15) is 61.6 Å². The van der Waals surface area contributed by atoms with E-state index in [2.05, 4.69) is 25.1 Å². The maximum atomic E-state index is 2.41. The Balaban J connectivity index is 1.96. The largest absolute Gasteiger partial charge is 0.0622 e. The Morgan fingerprint density at radius 2 is 1.88 bits per heavy atom. The first kappa shape index (κ1) is 10.4. The van der Waals surface area contributed by atoms with Crippen molar-refractivity contribution in [1.82, 2.24) is 0 Å². The van der Waals surface area contributed by atoms with Gasteiger partial charge in [-0.05, 0) is 60.6 Å². The van der Waals surface area contributed by atoms with Crippen LogP contribution in [0.2, 0.25) is 0 Å². The molecule has 86 valence electrons. The molecule has 1 aromatic carbocycles. The van der Waals surface area contributed by atoms with E-state index in [0.717, 1.165) is 11.8 Å². The van der Waals surface area contributed by atoms with Crippen molar-refractivity contribution in [3.63, 3.8) is 0 Å². The molecule has 0 saturated heterocycles. The van der Waals surface area contributed by atoms with Gasteiger partial charge >= 0.3 is 0 Å². The zero-order valence-corrected chi connectivity index (χ0v) is 10.3. The second-order valence-corrected chi connectivity index (χ2v) is 5.81. The van der Waals surface area contributed by atoms with Gasteiger partial charge in [-0.3, -0.25) is 0 Å². The minimum atomic E-state index is 0.892. The first-order chi connectivity index (χ1) is 7.84. The smallest absolute Gasteiger partial charge is 0.0159 e. The summed E-state index contributed by atoms with van der Waals surface area (Å²) >= 11 is 0. The van der Waals surface area contributed by atoms with Crippen LogP contribution in [0.5, 0.6) is 0 Å². The molecule has 1 saturated carbocycles. The number of hydrogen-bond acceptors (Lipinski definition) is 0. The molecule has 2 aliphatic carbocycles. The highest BCUT2D eigenvalue weighted by molar-refractivity contribution is 5.39. The molecule has 1 aromatic rings. The van der Waals surface area contributed by atoms with Gasteiger partial charge in [-0.1, -0.05) is 38.0 Å². The van der Waals surface area contributed by atoms with E-state index in [-0.39, 0.29) is 0 Å². The molecule has 1 atom stereocenters. The third-order valence-corrected chi connectivity index (χ3v) is 4.56.